The first-order chi connectivity index (χ1) is 9.75. The molecule has 5 heteroatoms. The summed E-state index contributed by atoms with van der Waals surface area (Å²) in [7, 11) is 0. The van der Waals surface area contributed by atoms with Crippen molar-refractivity contribution in [3.8, 4) is 0 Å². The standard InChI is InChI=1S/C15H21N5/c1-12-8-14(9-18-19-10-16-17-11-19)13(2)20(12)15-6-4-3-5-7-15/h8-11,15H,3-7H2,1-2H3. The molecule has 0 radical (unpaired) electrons. The molecule has 2 aromatic heterocycles. The number of aryl methyl sites for hydroxylation is 1. The smallest absolute Gasteiger partial charge is 0.141 e. The highest BCUT2D eigenvalue weighted by Crippen LogP contribution is 2.31. The van der Waals surface area contributed by atoms with Crippen molar-refractivity contribution in [1.29, 1.82) is 0 Å². The lowest BCUT2D eigenvalue weighted by Crippen LogP contribution is -2.15. The average molecular weight is 271 g/mol. The molecule has 0 N–H and O–H groups in total. The molecule has 0 aromatic carbocycles. The van der Waals surface area contributed by atoms with E-state index in [4.69, 9.17) is 0 Å². The summed E-state index contributed by atoms with van der Waals surface area (Å²) in [5.74, 6) is 0. The first-order valence-corrected chi connectivity index (χ1v) is 7.33. The largest absolute Gasteiger partial charge is 0.345 e. The molecule has 0 atom stereocenters. The van der Waals surface area contributed by atoms with Crippen molar-refractivity contribution in [3.05, 3.63) is 35.7 Å². The van der Waals surface area contributed by atoms with Gasteiger partial charge in [-0.1, -0.05) is 19.3 Å². The fourth-order valence-electron chi connectivity index (χ4n) is 3.22. The SMILES string of the molecule is Cc1cc(C=Nn2cnnc2)c(C)n1C1CCCCC1. The molecule has 3 rings (SSSR count). The summed E-state index contributed by atoms with van der Waals surface area (Å²) in [6.45, 7) is 4.38. The first-order valence-electron chi connectivity index (χ1n) is 7.33. The Balaban J connectivity index is 1.86. The molecule has 0 saturated heterocycles. The summed E-state index contributed by atoms with van der Waals surface area (Å²) in [6, 6.07) is 2.89. The minimum atomic E-state index is 0.667. The molecule has 0 amide bonds. The van der Waals surface area contributed by atoms with Gasteiger partial charge >= 0.3 is 0 Å². The number of hydrogen-bond donors (Lipinski definition) is 0. The van der Waals surface area contributed by atoms with E-state index in [0.29, 0.717) is 6.04 Å². The van der Waals surface area contributed by atoms with Crippen molar-refractivity contribution in [2.45, 2.75) is 52.0 Å². The predicted octanol–water partition coefficient (Wildman–Crippen LogP) is 3.08. The van der Waals surface area contributed by atoms with Gasteiger partial charge in [-0.25, -0.2) is 4.68 Å². The maximum atomic E-state index is 4.35. The first kappa shape index (κ1) is 13.1. The van der Waals surface area contributed by atoms with Crippen LogP contribution in [0.4, 0.5) is 0 Å². The van der Waals surface area contributed by atoms with Crippen molar-refractivity contribution in [1.82, 2.24) is 19.4 Å². The maximum Gasteiger partial charge on any atom is 0.141 e. The van der Waals surface area contributed by atoms with Crippen molar-refractivity contribution >= 4 is 6.21 Å². The quantitative estimate of drug-likeness (QED) is 0.805. The highest BCUT2D eigenvalue weighted by atomic mass is 15.4. The number of hydrogen-bond acceptors (Lipinski definition) is 3. The van der Waals surface area contributed by atoms with Crippen LogP contribution in [0.5, 0.6) is 0 Å². The van der Waals surface area contributed by atoms with Gasteiger partial charge in [0.2, 0.25) is 0 Å². The monoisotopic (exact) mass is 271 g/mol. The third kappa shape index (κ3) is 2.53. The summed E-state index contributed by atoms with van der Waals surface area (Å²) in [4.78, 5) is 0. The van der Waals surface area contributed by atoms with Gasteiger partial charge in [0.25, 0.3) is 0 Å². The number of nitrogens with zero attached hydrogens (tertiary/aromatic N) is 5. The highest BCUT2D eigenvalue weighted by Gasteiger charge is 2.19. The second-order valence-corrected chi connectivity index (χ2v) is 5.57. The lowest BCUT2D eigenvalue weighted by Gasteiger charge is -2.26. The zero-order valence-corrected chi connectivity index (χ0v) is 12.2. The van der Waals surface area contributed by atoms with Crippen LogP contribution >= 0.6 is 0 Å². The molecule has 1 aliphatic rings. The number of rotatable bonds is 3. The van der Waals surface area contributed by atoms with Gasteiger partial charge in [-0.05, 0) is 32.8 Å². The molecule has 106 valence electrons. The average Bonchev–Trinajstić information content (AvgIpc) is 3.06. The van der Waals surface area contributed by atoms with Crippen LogP contribution in [0.1, 0.15) is 55.1 Å². The molecule has 0 bridgehead atoms. The van der Waals surface area contributed by atoms with Crippen LogP contribution in [0.2, 0.25) is 0 Å². The summed E-state index contributed by atoms with van der Waals surface area (Å²) in [6.07, 6.45) is 11.8. The van der Waals surface area contributed by atoms with E-state index in [2.05, 4.69) is 39.8 Å². The van der Waals surface area contributed by atoms with Crippen LogP contribution in [-0.4, -0.2) is 25.7 Å². The molecule has 1 fully saturated rings. The van der Waals surface area contributed by atoms with E-state index in [1.165, 1.54) is 49.1 Å². The van der Waals surface area contributed by atoms with E-state index in [-0.39, 0.29) is 0 Å². The normalized spacial score (nSPS) is 17.1. The Labute approximate surface area is 119 Å². The number of aromatic nitrogens is 4. The Morgan fingerprint density at radius 2 is 1.85 bits per heavy atom. The summed E-state index contributed by atoms with van der Waals surface area (Å²) >= 11 is 0. The zero-order valence-electron chi connectivity index (χ0n) is 12.2. The third-order valence-corrected chi connectivity index (χ3v) is 4.20. The van der Waals surface area contributed by atoms with E-state index < -0.39 is 0 Å². The van der Waals surface area contributed by atoms with Gasteiger partial charge in [-0.15, -0.1) is 10.2 Å². The van der Waals surface area contributed by atoms with Crippen LogP contribution in [0.15, 0.2) is 23.8 Å². The summed E-state index contributed by atoms with van der Waals surface area (Å²) in [5, 5.41) is 11.8. The zero-order chi connectivity index (χ0) is 13.9. The fraction of sp³-hybridized carbons (Fsp3) is 0.533. The fourth-order valence-corrected chi connectivity index (χ4v) is 3.22. The topological polar surface area (TPSA) is 48.0 Å². The Morgan fingerprint density at radius 1 is 1.15 bits per heavy atom. The minimum Gasteiger partial charge on any atom is -0.345 e. The Bertz CT molecular complexity index is 588. The Morgan fingerprint density at radius 3 is 2.55 bits per heavy atom. The molecule has 1 saturated carbocycles. The molecule has 20 heavy (non-hydrogen) atoms. The van der Waals surface area contributed by atoms with Gasteiger partial charge in [0.15, 0.2) is 0 Å². The van der Waals surface area contributed by atoms with Crippen LogP contribution in [0, 0.1) is 13.8 Å². The van der Waals surface area contributed by atoms with Gasteiger partial charge < -0.3 is 4.57 Å². The molecule has 5 nitrogen and oxygen atoms in total. The third-order valence-electron chi connectivity index (χ3n) is 4.20. The van der Waals surface area contributed by atoms with Crippen LogP contribution in [0.3, 0.4) is 0 Å². The summed E-state index contributed by atoms with van der Waals surface area (Å²) in [5.41, 5.74) is 3.83. The molecule has 0 spiro atoms. The predicted molar refractivity (Wildman–Crippen MR) is 79.0 cm³/mol. The molecule has 0 aliphatic heterocycles. The second kappa shape index (κ2) is 5.61. The van der Waals surface area contributed by atoms with Crippen LogP contribution in [0.25, 0.3) is 0 Å². The highest BCUT2D eigenvalue weighted by molar-refractivity contribution is 5.81. The van der Waals surface area contributed by atoms with Crippen molar-refractivity contribution in [2.24, 2.45) is 5.10 Å². The lowest BCUT2D eigenvalue weighted by molar-refractivity contribution is 0.346. The minimum absolute atomic E-state index is 0.667. The molecular weight excluding hydrogens is 250 g/mol. The maximum absolute atomic E-state index is 4.35. The Hall–Kier alpha value is -1.91. The second-order valence-electron chi connectivity index (χ2n) is 5.57. The molecule has 1 aliphatic carbocycles. The van der Waals surface area contributed by atoms with Gasteiger partial charge in [-0.2, -0.15) is 5.10 Å². The van der Waals surface area contributed by atoms with Crippen molar-refractivity contribution in [2.75, 3.05) is 0 Å². The molecule has 2 aromatic rings. The summed E-state index contributed by atoms with van der Waals surface area (Å²) < 4.78 is 4.11. The van der Waals surface area contributed by atoms with Gasteiger partial charge in [0.1, 0.15) is 12.7 Å². The van der Waals surface area contributed by atoms with E-state index in [1.807, 2.05) is 6.21 Å². The van der Waals surface area contributed by atoms with E-state index in [0.717, 1.165) is 0 Å². The van der Waals surface area contributed by atoms with E-state index in [9.17, 15) is 0 Å². The van der Waals surface area contributed by atoms with Crippen molar-refractivity contribution in [3.63, 3.8) is 0 Å². The van der Waals surface area contributed by atoms with E-state index >= 15 is 0 Å². The van der Waals surface area contributed by atoms with Gasteiger partial charge in [0.05, 0.1) is 6.21 Å². The van der Waals surface area contributed by atoms with Crippen LogP contribution in [-0.2, 0) is 0 Å². The van der Waals surface area contributed by atoms with Crippen molar-refractivity contribution < 1.29 is 0 Å². The molecular formula is C15H21N5. The molecule has 2 heterocycles. The van der Waals surface area contributed by atoms with Gasteiger partial charge in [0, 0.05) is 23.0 Å². The Kier molecular flexibility index (Phi) is 3.67. The van der Waals surface area contributed by atoms with Crippen LogP contribution < -0.4 is 0 Å². The van der Waals surface area contributed by atoms with Gasteiger partial charge in [-0.3, -0.25) is 0 Å². The van der Waals surface area contributed by atoms with E-state index in [1.54, 1.807) is 17.3 Å². The molecule has 0 unspecified atom stereocenters. The lowest BCUT2D eigenvalue weighted by atomic mass is 9.95.